The fraction of sp³-hybridized carbons (Fsp3) is 0.368. The zero-order valence-electron chi connectivity index (χ0n) is 15.7. The number of methoxy groups -OCH3 is 1. The van der Waals surface area contributed by atoms with Crippen molar-refractivity contribution < 1.29 is 21.6 Å². The number of sulfonamides is 2. The van der Waals surface area contributed by atoms with Crippen molar-refractivity contribution in [3.63, 3.8) is 0 Å². The minimum absolute atomic E-state index is 0.0679. The van der Waals surface area contributed by atoms with Crippen LogP contribution < -0.4 is 9.46 Å². The molecule has 2 aromatic rings. The fourth-order valence-electron chi connectivity index (χ4n) is 3.05. The highest BCUT2D eigenvalue weighted by atomic mass is 32.2. The highest BCUT2D eigenvalue weighted by Crippen LogP contribution is 2.21. The van der Waals surface area contributed by atoms with Gasteiger partial charge in [0.1, 0.15) is 5.75 Å². The van der Waals surface area contributed by atoms with Crippen molar-refractivity contribution in [3.8, 4) is 5.75 Å². The van der Waals surface area contributed by atoms with Gasteiger partial charge in [-0.05, 0) is 54.8 Å². The van der Waals surface area contributed by atoms with E-state index in [2.05, 4.69) is 4.72 Å². The van der Waals surface area contributed by atoms with Crippen molar-refractivity contribution in [1.82, 2.24) is 9.03 Å². The largest absolute Gasteiger partial charge is 0.497 e. The van der Waals surface area contributed by atoms with Gasteiger partial charge in [-0.15, -0.1) is 0 Å². The summed E-state index contributed by atoms with van der Waals surface area (Å²) in [5.74, 6) is 0.574. The van der Waals surface area contributed by atoms with Crippen molar-refractivity contribution in [1.29, 1.82) is 0 Å². The maximum Gasteiger partial charge on any atom is 0.243 e. The number of nitrogens with zero attached hydrogens (tertiary/aromatic N) is 1. The third-order valence-corrected chi connectivity index (χ3v) is 8.04. The predicted octanol–water partition coefficient (Wildman–Crippen LogP) is 2.35. The molecule has 1 fully saturated rings. The van der Waals surface area contributed by atoms with Gasteiger partial charge in [0.05, 0.1) is 16.9 Å². The second-order valence-corrected chi connectivity index (χ2v) is 10.3. The molecular weight excluding hydrogens is 400 g/mol. The Bertz CT molecular complexity index is 995. The molecule has 7 nitrogen and oxygen atoms in total. The van der Waals surface area contributed by atoms with E-state index in [0.717, 1.165) is 19.3 Å². The number of nitrogens with one attached hydrogen (secondary N) is 1. The molecule has 0 atom stereocenters. The molecule has 0 unspecified atom stereocenters. The van der Waals surface area contributed by atoms with Crippen LogP contribution in [0.25, 0.3) is 0 Å². The highest BCUT2D eigenvalue weighted by molar-refractivity contribution is 7.89. The summed E-state index contributed by atoms with van der Waals surface area (Å²) in [6, 6.07) is 12.4. The standard InChI is InChI=1S/C19H24N2O5S2/c1-26-17-7-11-18(12-8-17)27(22,23)20-15-16-5-9-19(10-6-16)28(24,25)21-13-3-2-4-14-21/h5-12,20H,2-4,13-15H2,1H3. The van der Waals surface area contributed by atoms with E-state index in [0.29, 0.717) is 24.4 Å². The van der Waals surface area contributed by atoms with Gasteiger partial charge in [-0.25, -0.2) is 21.6 Å². The van der Waals surface area contributed by atoms with E-state index in [4.69, 9.17) is 4.74 Å². The lowest BCUT2D eigenvalue weighted by atomic mass is 10.2. The molecule has 0 saturated carbocycles. The zero-order chi connectivity index (χ0) is 20.2. The second-order valence-electron chi connectivity index (χ2n) is 6.61. The Kier molecular flexibility index (Phi) is 6.39. The number of hydrogen-bond donors (Lipinski definition) is 1. The third-order valence-electron chi connectivity index (χ3n) is 4.71. The molecule has 0 spiro atoms. The highest BCUT2D eigenvalue weighted by Gasteiger charge is 2.25. The van der Waals surface area contributed by atoms with E-state index >= 15 is 0 Å². The average Bonchev–Trinajstić information content (AvgIpc) is 2.73. The Balaban J connectivity index is 1.66. The lowest BCUT2D eigenvalue weighted by Crippen LogP contribution is -2.35. The van der Waals surface area contributed by atoms with E-state index in [-0.39, 0.29) is 16.3 Å². The van der Waals surface area contributed by atoms with Gasteiger partial charge in [0.2, 0.25) is 20.0 Å². The summed E-state index contributed by atoms with van der Waals surface area (Å²) in [6.07, 6.45) is 2.81. The maximum atomic E-state index is 12.7. The second kappa shape index (κ2) is 8.60. The Hall–Kier alpha value is -1.94. The summed E-state index contributed by atoms with van der Waals surface area (Å²) in [4.78, 5) is 0.369. The lowest BCUT2D eigenvalue weighted by Gasteiger charge is -2.25. The van der Waals surface area contributed by atoms with Gasteiger partial charge in [0.15, 0.2) is 0 Å². The molecule has 152 valence electrons. The Morgan fingerprint density at radius 3 is 2.00 bits per heavy atom. The summed E-state index contributed by atoms with van der Waals surface area (Å²) >= 11 is 0. The number of rotatable bonds is 7. The fourth-order valence-corrected chi connectivity index (χ4v) is 5.58. The predicted molar refractivity (Wildman–Crippen MR) is 106 cm³/mol. The van der Waals surface area contributed by atoms with Gasteiger partial charge < -0.3 is 4.74 Å². The van der Waals surface area contributed by atoms with Crippen molar-refractivity contribution in [3.05, 3.63) is 54.1 Å². The molecule has 0 aromatic heterocycles. The smallest absolute Gasteiger partial charge is 0.243 e. The van der Waals surface area contributed by atoms with Crippen LogP contribution in [-0.2, 0) is 26.6 Å². The van der Waals surface area contributed by atoms with Crippen molar-refractivity contribution in [2.75, 3.05) is 20.2 Å². The molecule has 1 N–H and O–H groups in total. The van der Waals surface area contributed by atoms with Crippen LogP contribution in [0.15, 0.2) is 58.3 Å². The van der Waals surface area contributed by atoms with Crippen molar-refractivity contribution in [2.24, 2.45) is 0 Å². The topological polar surface area (TPSA) is 92.8 Å². The molecule has 3 rings (SSSR count). The summed E-state index contributed by atoms with van der Waals surface area (Å²) < 4.78 is 59.1. The first-order chi connectivity index (χ1) is 13.3. The molecule has 9 heteroatoms. The number of hydrogen-bond acceptors (Lipinski definition) is 5. The van der Waals surface area contributed by atoms with Crippen molar-refractivity contribution >= 4 is 20.0 Å². The summed E-state index contributed by atoms with van der Waals surface area (Å²) in [5, 5.41) is 0. The van der Waals surface area contributed by atoms with Crippen LogP contribution in [0.5, 0.6) is 5.75 Å². The minimum Gasteiger partial charge on any atom is -0.497 e. The van der Waals surface area contributed by atoms with Gasteiger partial charge in [-0.1, -0.05) is 18.6 Å². The summed E-state index contributed by atoms with van der Waals surface area (Å²) in [7, 11) is -5.65. The average molecular weight is 425 g/mol. The number of piperidine rings is 1. The van der Waals surface area contributed by atoms with Gasteiger partial charge in [0, 0.05) is 19.6 Å². The molecule has 0 aliphatic carbocycles. The van der Waals surface area contributed by atoms with Gasteiger partial charge >= 0.3 is 0 Å². The zero-order valence-corrected chi connectivity index (χ0v) is 17.3. The third kappa shape index (κ3) is 4.72. The first kappa shape index (κ1) is 20.8. The van der Waals surface area contributed by atoms with Crippen LogP contribution in [0.3, 0.4) is 0 Å². The van der Waals surface area contributed by atoms with Crippen LogP contribution in [0.4, 0.5) is 0 Å². The molecule has 28 heavy (non-hydrogen) atoms. The molecule has 2 aromatic carbocycles. The van der Waals surface area contributed by atoms with Gasteiger partial charge in [-0.2, -0.15) is 4.31 Å². The Labute approximate surface area is 166 Å². The molecule has 1 saturated heterocycles. The number of benzene rings is 2. The van der Waals surface area contributed by atoms with E-state index in [1.807, 2.05) is 0 Å². The first-order valence-corrected chi connectivity index (χ1v) is 12.0. The van der Waals surface area contributed by atoms with Crippen molar-refractivity contribution in [2.45, 2.75) is 35.6 Å². The number of ether oxygens (including phenoxy) is 1. The SMILES string of the molecule is COc1ccc(S(=O)(=O)NCc2ccc(S(=O)(=O)N3CCCCC3)cc2)cc1. The van der Waals surface area contributed by atoms with Crippen LogP contribution in [0.2, 0.25) is 0 Å². The molecule has 1 heterocycles. The van der Waals surface area contributed by atoms with Crippen LogP contribution in [0.1, 0.15) is 24.8 Å². The molecule has 0 amide bonds. The lowest BCUT2D eigenvalue weighted by molar-refractivity contribution is 0.346. The molecule has 1 aliphatic heterocycles. The Morgan fingerprint density at radius 2 is 1.43 bits per heavy atom. The Morgan fingerprint density at radius 1 is 0.857 bits per heavy atom. The molecule has 1 aliphatic rings. The summed E-state index contributed by atoms with van der Waals surface area (Å²) in [6.45, 7) is 1.16. The maximum absolute atomic E-state index is 12.7. The quantitative estimate of drug-likeness (QED) is 0.737. The van der Waals surface area contributed by atoms with Crippen LogP contribution >= 0.6 is 0 Å². The monoisotopic (exact) mass is 424 g/mol. The van der Waals surface area contributed by atoms with E-state index in [9.17, 15) is 16.8 Å². The van der Waals surface area contributed by atoms with Gasteiger partial charge in [-0.3, -0.25) is 0 Å². The minimum atomic E-state index is -3.67. The van der Waals surface area contributed by atoms with Crippen LogP contribution in [0, 0.1) is 0 Å². The van der Waals surface area contributed by atoms with E-state index in [1.165, 1.54) is 35.7 Å². The van der Waals surface area contributed by atoms with Crippen LogP contribution in [-0.4, -0.2) is 41.3 Å². The first-order valence-electron chi connectivity index (χ1n) is 9.06. The molecule has 0 radical (unpaired) electrons. The molecular formula is C19H24N2O5S2. The van der Waals surface area contributed by atoms with E-state index in [1.54, 1.807) is 24.3 Å². The van der Waals surface area contributed by atoms with E-state index < -0.39 is 20.0 Å². The molecule has 0 bridgehead atoms. The van der Waals surface area contributed by atoms with Gasteiger partial charge in [0.25, 0.3) is 0 Å². The summed E-state index contributed by atoms with van der Waals surface area (Å²) in [5.41, 5.74) is 0.676. The normalized spacial score (nSPS) is 16.0.